The molecule has 2 N–H and O–H groups in total. The van der Waals surface area contributed by atoms with E-state index in [-0.39, 0.29) is 12.4 Å². The molecule has 114 valence electrons. The number of hydrogen-bond donors (Lipinski definition) is 1. The second-order valence-electron chi connectivity index (χ2n) is 6.36. The van der Waals surface area contributed by atoms with Gasteiger partial charge in [0, 0.05) is 19.1 Å². The summed E-state index contributed by atoms with van der Waals surface area (Å²) < 4.78 is 0. The highest BCUT2D eigenvalue weighted by Gasteiger charge is 2.22. The van der Waals surface area contributed by atoms with Gasteiger partial charge in [-0.3, -0.25) is 4.90 Å². The van der Waals surface area contributed by atoms with Crippen LogP contribution in [0, 0.1) is 26.7 Å². The smallest absolute Gasteiger partial charge is 0.0236 e. The summed E-state index contributed by atoms with van der Waals surface area (Å²) in [4.78, 5) is 2.58. The molecular formula is C17H29ClN2. The Kier molecular flexibility index (Phi) is 6.50. The molecule has 3 heteroatoms. The number of likely N-dealkylation sites (tertiary alicyclic amines) is 1. The van der Waals surface area contributed by atoms with Crippen LogP contribution in [-0.2, 0) is 6.54 Å². The molecule has 0 saturated carbocycles. The first-order valence-electron chi connectivity index (χ1n) is 7.52. The van der Waals surface area contributed by atoms with E-state index < -0.39 is 0 Å². The lowest BCUT2D eigenvalue weighted by molar-refractivity contribution is 0.154. The maximum atomic E-state index is 6.07. The van der Waals surface area contributed by atoms with Crippen LogP contribution in [0.5, 0.6) is 0 Å². The summed E-state index contributed by atoms with van der Waals surface area (Å²) in [5.74, 6) is 0.667. The summed E-state index contributed by atoms with van der Waals surface area (Å²) in [6.07, 6.45) is 2.58. The van der Waals surface area contributed by atoms with Gasteiger partial charge in [-0.15, -0.1) is 12.4 Å². The van der Waals surface area contributed by atoms with Crippen LogP contribution < -0.4 is 5.73 Å². The Labute approximate surface area is 130 Å². The SMILES string of the molecule is Cc1cc(C)c(CN2CCCC(C(C)N)C2)cc1C.Cl. The van der Waals surface area contributed by atoms with E-state index in [2.05, 4.69) is 44.7 Å². The molecule has 0 aliphatic carbocycles. The van der Waals surface area contributed by atoms with Gasteiger partial charge in [0.15, 0.2) is 0 Å². The zero-order chi connectivity index (χ0) is 14.0. The van der Waals surface area contributed by atoms with Crippen molar-refractivity contribution in [2.45, 2.75) is 53.1 Å². The number of benzene rings is 1. The molecule has 2 nitrogen and oxygen atoms in total. The number of aryl methyl sites for hydroxylation is 3. The van der Waals surface area contributed by atoms with Crippen molar-refractivity contribution >= 4 is 12.4 Å². The lowest BCUT2D eigenvalue weighted by Gasteiger charge is -2.35. The molecule has 2 rings (SSSR count). The van der Waals surface area contributed by atoms with Gasteiger partial charge in [-0.25, -0.2) is 0 Å². The van der Waals surface area contributed by atoms with Gasteiger partial charge >= 0.3 is 0 Å². The van der Waals surface area contributed by atoms with Crippen molar-refractivity contribution in [2.24, 2.45) is 11.7 Å². The Balaban J connectivity index is 0.00000200. The van der Waals surface area contributed by atoms with Gasteiger partial charge in [-0.05, 0) is 75.3 Å². The summed E-state index contributed by atoms with van der Waals surface area (Å²) in [6, 6.07) is 5.00. The van der Waals surface area contributed by atoms with E-state index in [4.69, 9.17) is 5.73 Å². The molecule has 0 amide bonds. The van der Waals surface area contributed by atoms with Gasteiger partial charge in [0.2, 0.25) is 0 Å². The second-order valence-corrected chi connectivity index (χ2v) is 6.36. The Morgan fingerprint density at radius 3 is 2.50 bits per heavy atom. The first-order valence-corrected chi connectivity index (χ1v) is 7.52. The summed E-state index contributed by atoms with van der Waals surface area (Å²) in [5.41, 5.74) is 11.8. The number of rotatable bonds is 3. The van der Waals surface area contributed by atoms with Crippen LogP contribution in [0.4, 0.5) is 0 Å². The first-order chi connectivity index (χ1) is 8.97. The average molecular weight is 297 g/mol. The monoisotopic (exact) mass is 296 g/mol. The van der Waals surface area contributed by atoms with E-state index in [1.54, 1.807) is 0 Å². The Hall–Kier alpha value is -0.570. The van der Waals surface area contributed by atoms with Crippen LogP contribution >= 0.6 is 12.4 Å². The predicted octanol–water partition coefficient (Wildman–Crippen LogP) is 3.59. The standard InChI is InChI=1S/C17H28N2.ClH/c1-12-8-14(3)17(9-13(12)2)11-19-7-5-6-16(10-19)15(4)18;/h8-9,15-16H,5-7,10-11,18H2,1-4H3;1H. The molecule has 0 bridgehead atoms. The fourth-order valence-corrected chi connectivity index (χ4v) is 3.10. The largest absolute Gasteiger partial charge is 0.328 e. The number of hydrogen-bond acceptors (Lipinski definition) is 2. The fraction of sp³-hybridized carbons (Fsp3) is 0.647. The first kappa shape index (κ1) is 17.5. The third-order valence-corrected chi connectivity index (χ3v) is 4.63. The lowest BCUT2D eigenvalue weighted by atomic mass is 9.91. The minimum Gasteiger partial charge on any atom is -0.328 e. The number of halogens is 1. The molecule has 1 aromatic rings. The Bertz CT molecular complexity index is 443. The normalized spacial score (nSPS) is 21.4. The van der Waals surface area contributed by atoms with Crippen molar-refractivity contribution in [1.29, 1.82) is 0 Å². The zero-order valence-corrected chi connectivity index (χ0v) is 14.1. The minimum absolute atomic E-state index is 0. The van der Waals surface area contributed by atoms with Crippen molar-refractivity contribution in [1.82, 2.24) is 4.90 Å². The van der Waals surface area contributed by atoms with Gasteiger partial charge in [0.05, 0.1) is 0 Å². The Morgan fingerprint density at radius 1 is 1.20 bits per heavy atom. The third-order valence-electron chi connectivity index (χ3n) is 4.63. The highest BCUT2D eigenvalue weighted by atomic mass is 35.5. The van der Waals surface area contributed by atoms with E-state index in [0.717, 1.165) is 13.1 Å². The van der Waals surface area contributed by atoms with Crippen molar-refractivity contribution < 1.29 is 0 Å². The van der Waals surface area contributed by atoms with Gasteiger partial charge in [-0.2, -0.15) is 0 Å². The molecule has 1 aliphatic rings. The van der Waals surface area contributed by atoms with E-state index in [1.165, 1.54) is 41.6 Å². The van der Waals surface area contributed by atoms with Gasteiger partial charge in [0.25, 0.3) is 0 Å². The maximum absolute atomic E-state index is 6.07. The van der Waals surface area contributed by atoms with Crippen molar-refractivity contribution in [3.05, 3.63) is 34.4 Å². The molecule has 2 unspecified atom stereocenters. The van der Waals surface area contributed by atoms with E-state index in [0.29, 0.717) is 12.0 Å². The topological polar surface area (TPSA) is 29.3 Å². The average Bonchev–Trinajstić information content (AvgIpc) is 2.36. The number of nitrogens with two attached hydrogens (primary N) is 1. The molecule has 0 radical (unpaired) electrons. The van der Waals surface area contributed by atoms with Crippen molar-refractivity contribution in [2.75, 3.05) is 13.1 Å². The summed E-state index contributed by atoms with van der Waals surface area (Å²) in [5, 5.41) is 0. The van der Waals surface area contributed by atoms with Gasteiger partial charge in [-0.1, -0.05) is 12.1 Å². The van der Waals surface area contributed by atoms with Crippen molar-refractivity contribution in [3.8, 4) is 0 Å². The second kappa shape index (κ2) is 7.44. The molecule has 0 aromatic heterocycles. The molecule has 0 spiro atoms. The number of piperidine rings is 1. The lowest BCUT2D eigenvalue weighted by Crippen LogP contribution is -2.42. The summed E-state index contributed by atoms with van der Waals surface area (Å²) >= 11 is 0. The molecular weight excluding hydrogens is 268 g/mol. The molecule has 20 heavy (non-hydrogen) atoms. The van der Waals surface area contributed by atoms with E-state index in [9.17, 15) is 0 Å². The number of nitrogens with zero attached hydrogens (tertiary/aromatic N) is 1. The van der Waals surface area contributed by atoms with Crippen LogP contribution in [0.2, 0.25) is 0 Å². The van der Waals surface area contributed by atoms with Crippen LogP contribution in [0.1, 0.15) is 42.0 Å². The maximum Gasteiger partial charge on any atom is 0.0236 e. The molecule has 2 atom stereocenters. The van der Waals surface area contributed by atoms with Crippen LogP contribution in [0.15, 0.2) is 12.1 Å². The van der Waals surface area contributed by atoms with Crippen molar-refractivity contribution in [3.63, 3.8) is 0 Å². The molecule has 1 aromatic carbocycles. The highest BCUT2D eigenvalue weighted by molar-refractivity contribution is 5.85. The minimum atomic E-state index is 0. The molecule has 1 aliphatic heterocycles. The predicted molar refractivity (Wildman–Crippen MR) is 89.6 cm³/mol. The third kappa shape index (κ3) is 4.21. The van der Waals surface area contributed by atoms with E-state index in [1.807, 2.05) is 0 Å². The van der Waals surface area contributed by atoms with Crippen LogP contribution in [-0.4, -0.2) is 24.0 Å². The van der Waals surface area contributed by atoms with Crippen LogP contribution in [0.25, 0.3) is 0 Å². The quantitative estimate of drug-likeness (QED) is 0.923. The summed E-state index contributed by atoms with van der Waals surface area (Å²) in [7, 11) is 0. The highest BCUT2D eigenvalue weighted by Crippen LogP contribution is 2.23. The van der Waals surface area contributed by atoms with Gasteiger partial charge in [0.1, 0.15) is 0 Å². The Morgan fingerprint density at radius 2 is 1.85 bits per heavy atom. The molecule has 1 saturated heterocycles. The molecule has 1 fully saturated rings. The van der Waals surface area contributed by atoms with Gasteiger partial charge < -0.3 is 5.73 Å². The zero-order valence-electron chi connectivity index (χ0n) is 13.3. The summed E-state index contributed by atoms with van der Waals surface area (Å²) in [6.45, 7) is 12.2. The van der Waals surface area contributed by atoms with Crippen LogP contribution in [0.3, 0.4) is 0 Å². The molecule has 1 heterocycles. The fourth-order valence-electron chi connectivity index (χ4n) is 3.10. The van der Waals surface area contributed by atoms with E-state index >= 15 is 0 Å².